The van der Waals surface area contributed by atoms with Gasteiger partial charge in [0.1, 0.15) is 40.6 Å². The molecule has 5 aromatic rings. The number of hydrogen-bond acceptors (Lipinski definition) is 8. The van der Waals surface area contributed by atoms with Crippen molar-refractivity contribution in [3.8, 4) is 34.3 Å². The second-order valence-corrected chi connectivity index (χ2v) is 10.00. The van der Waals surface area contributed by atoms with Crippen LogP contribution in [0.5, 0.6) is 23.0 Å². The Morgan fingerprint density at radius 2 is 1.63 bits per heavy atom. The normalized spacial score (nSPS) is 16.0. The van der Waals surface area contributed by atoms with Crippen molar-refractivity contribution in [2.24, 2.45) is 0 Å². The van der Waals surface area contributed by atoms with E-state index in [2.05, 4.69) is 10.3 Å². The topological polar surface area (TPSA) is 112 Å². The second-order valence-electron chi connectivity index (χ2n) is 9.61. The molecular weight excluding hydrogens is 568 g/mol. The molecule has 1 aliphatic heterocycles. The monoisotopic (exact) mass is 594 g/mol. The van der Waals surface area contributed by atoms with Crippen LogP contribution in [0.15, 0.2) is 108 Å². The number of non-ortho nitro benzene ring substituents is 1. The second kappa shape index (κ2) is 11.8. The van der Waals surface area contributed by atoms with Gasteiger partial charge in [0.05, 0.1) is 42.5 Å². The molecule has 0 saturated carbocycles. The van der Waals surface area contributed by atoms with Crippen molar-refractivity contribution in [2.45, 2.75) is 12.1 Å². The Balaban J connectivity index is 1.34. The molecule has 216 valence electrons. The van der Waals surface area contributed by atoms with Crippen LogP contribution < -0.4 is 24.4 Å². The largest absolute Gasteiger partial charge is 0.497 e. The molecule has 11 heteroatoms. The van der Waals surface area contributed by atoms with Gasteiger partial charge in [0, 0.05) is 18.0 Å². The van der Waals surface area contributed by atoms with Gasteiger partial charge in [0.2, 0.25) is 0 Å². The summed E-state index contributed by atoms with van der Waals surface area (Å²) in [7, 11) is 3.08. The number of aromatic nitrogens is 1. The molecule has 10 nitrogen and oxygen atoms in total. The van der Waals surface area contributed by atoms with Crippen LogP contribution in [-0.4, -0.2) is 29.2 Å². The van der Waals surface area contributed by atoms with Gasteiger partial charge < -0.3 is 28.8 Å². The SMILES string of the molecule is COc1ccc(Oc2ccc(N3C(=S)NC(c4ccccn4)C3c3ccc(-c4ccc([N+](=O)[O-])cc4OC)o3)cc2)cc1. The lowest BCUT2D eigenvalue weighted by Crippen LogP contribution is -2.29. The third kappa shape index (κ3) is 5.57. The molecule has 3 heterocycles. The predicted octanol–water partition coefficient (Wildman–Crippen LogP) is 7.24. The number of rotatable bonds is 9. The molecule has 1 aliphatic rings. The Morgan fingerprint density at radius 3 is 2.28 bits per heavy atom. The molecule has 6 rings (SSSR count). The number of thiocarbonyl (C=S) groups is 1. The minimum Gasteiger partial charge on any atom is -0.497 e. The van der Waals surface area contributed by atoms with E-state index in [0.29, 0.717) is 39.4 Å². The summed E-state index contributed by atoms with van der Waals surface area (Å²) in [4.78, 5) is 17.4. The Morgan fingerprint density at radius 1 is 0.907 bits per heavy atom. The predicted molar refractivity (Wildman–Crippen MR) is 165 cm³/mol. The molecule has 2 atom stereocenters. The van der Waals surface area contributed by atoms with E-state index in [9.17, 15) is 10.1 Å². The van der Waals surface area contributed by atoms with Crippen molar-refractivity contribution in [2.75, 3.05) is 19.1 Å². The van der Waals surface area contributed by atoms with Crippen molar-refractivity contribution < 1.29 is 23.6 Å². The maximum absolute atomic E-state index is 11.3. The molecule has 0 aliphatic carbocycles. The third-order valence-corrected chi connectivity index (χ3v) is 7.40. The fourth-order valence-corrected chi connectivity index (χ4v) is 5.38. The highest BCUT2D eigenvalue weighted by molar-refractivity contribution is 7.80. The summed E-state index contributed by atoms with van der Waals surface area (Å²) in [6, 6.07) is 28.1. The minimum atomic E-state index is -0.465. The van der Waals surface area contributed by atoms with E-state index in [1.54, 1.807) is 19.4 Å². The summed E-state index contributed by atoms with van der Waals surface area (Å²) in [6.07, 6.45) is 1.74. The van der Waals surface area contributed by atoms with Gasteiger partial charge in [0.15, 0.2) is 5.11 Å². The number of benzene rings is 3. The molecule has 1 saturated heterocycles. The number of nitrogens with zero attached hydrogens (tertiary/aromatic N) is 3. The average Bonchev–Trinajstić information content (AvgIpc) is 3.66. The van der Waals surface area contributed by atoms with Crippen LogP contribution in [0.4, 0.5) is 11.4 Å². The number of pyridine rings is 1. The fourth-order valence-electron chi connectivity index (χ4n) is 5.03. The summed E-state index contributed by atoms with van der Waals surface area (Å²) < 4.78 is 23.1. The summed E-state index contributed by atoms with van der Waals surface area (Å²) in [5.74, 6) is 3.56. The number of methoxy groups -OCH3 is 2. The molecule has 2 aromatic heterocycles. The summed E-state index contributed by atoms with van der Waals surface area (Å²) in [5.41, 5.74) is 2.14. The van der Waals surface area contributed by atoms with Crippen LogP contribution in [0.3, 0.4) is 0 Å². The Bertz CT molecular complexity index is 1760. The molecule has 0 bridgehead atoms. The number of anilines is 1. The van der Waals surface area contributed by atoms with Gasteiger partial charge in [-0.05, 0) is 91.1 Å². The summed E-state index contributed by atoms with van der Waals surface area (Å²) >= 11 is 5.84. The molecule has 1 N–H and O–H groups in total. The lowest BCUT2D eigenvalue weighted by Gasteiger charge is -2.26. The standard InChI is InChI=1S/C32H26N4O6S/c1-39-22-11-13-24(14-12-22)41-23-9-6-20(7-10-23)35-31(30(34-32(35)43)26-5-3-4-18-33-26)28-17-16-27(42-28)25-15-8-21(36(37)38)19-29(25)40-2/h3-19,30-31H,1-2H3,(H,34,43). The van der Waals surface area contributed by atoms with Crippen molar-refractivity contribution in [3.05, 3.63) is 125 Å². The number of nitro groups is 1. The van der Waals surface area contributed by atoms with Gasteiger partial charge in [0.25, 0.3) is 5.69 Å². The number of nitrogens with one attached hydrogen (secondary N) is 1. The van der Waals surface area contributed by atoms with Crippen LogP contribution in [0, 0.1) is 10.1 Å². The number of ether oxygens (including phenoxy) is 3. The minimum absolute atomic E-state index is 0.0708. The zero-order chi connectivity index (χ0) is 29.9. The van der Waals surface area contributed by atoms with Gasteiger partial charge in [-0.25, -0.2) is 0 Å². The molecule has 2 unspecified atom stereocenters. The van der Waals surface area contributed by atoms with Gasteiger partial charge in [-0.3, -0.25) is 15.1 Å². The summed E-state index contributed by atoms with van der Waals surface area (Å²) in [6.45, 7) is 0. The van der Waals surface area contributed by atoms with Gasteiger partial charge >= 0.3 is 0 Å². The lowest BCUT2D eigenvalue weighted by atomic mass is 10.0. The first-order chi connectivity index (χ1) is 20.9. The van der Waals surface area contributed by atoms with Crippen LogP contribution in [0.2, 0.25) is 0 Å². The van der Waals surface area contributed by atoms with E-state index in [0.717, 1.165) is 17.1 Å². The molecule has 0 radical (unpaired) electrons. The third-order valence-electron chi connectivity index (χ3n) is 7.09. The molecule has 0 amide bonds. The van der Waals surface area contributed by atoms with Gasteiger partial charge in [-0.2, -0.15) is 0 Å². The maximum Gasteiger partial charge on any atom is 0.273 e. The first-order valence-electron chi connectivity index (χ1n) is 13.3. The van der Waals surface area contributed by atoms with Crippen LogP contribution in [0.25, 0.3) is 11.3 Å². The Kier molecular flexibility index (Phi) is 7.63. The maximum atomic E-state index is 11.3. The highest BCUT2D eigenvalue weighted by Gasteiger charge is 2.42. The molecule has 0 spiro atoms. The molecule has 43 heavy (non-hydrogen) atoms. The highest BCUT2D eigenvalue weighted by Crippen LogP contribution is 2.44. The van der Waals surface area contributed by atoms with E-state index in [4.69, 9.17) is 30.8 Å². The Labute approximate surface area is 252 Å². The van der Waals surface area contributed by atoms with Crippen LogP contribution >= 0.6 is 12.2 Å². The zero-order valence-electron chi connectivity index (χ0n) is 23.2. The number of furan rings is 1. The summed E-state index contributed by atoms with van der Waals surface area (Å²) in [5, 5.41) is 15.2. The number of nitro benzene ring substituents is 1. The van der Waals surface area contributed by atoms with E-state index >= 15 is 0 Å². The van der Waals surface area contributed by atoms with Crippen molar-refractivity contribution in [3.63, 3.8) is 0 Å². The van der Waals surface area contributed by atoms with E-state index in [1.807, 2.05) is 83.8 Å². The molecular formula is C32H26N4O6S. The van der Waals surface area contributed by atoms with E-state index in [1.165, 1.54) is 19.2 Å². The van der Waals surface area contributed by atoms with Crippen molar-refractivity contribution in [1.29, 1.82) is 0 Å². The average molecular weight is 595 g/mol. The fraction of sp³-hybridized carbons (Fsp3) is 0.125. The van der Waals surface area contributed by atoms with Gasteiger partial charge in [-0.1, -0.05) is 6.07 Å². The molecule has 3 aromatic carbocycles. The molecule has 1 fully saturated rings. The smallest absolute Gasteiger partial charge is 0.273 e. The van der Waals surface area contributed by atoms with Crippen LogP contribution in [0.1, 0.15) is 23.5 Å². The van der Waals surface area contributed by atoms with E-state index < -0.39 is 11.0 Å². The zero-order valence-corrected chi connectivity index (χ0v) is 24.0. The Hall–Kier alpha value is -5.42. The first kappa shape index (κ1) is 27.7. The van der Waals surface area contributed by atoms with Gasteiger partial charge in [-0.15, -0.1) is 0 Å². The lowest BCUT2D eigenvalue weighted by molar-refractivity contribution is -0.384. The van der Waals surface area contributed by atoms with Crippen molar-refractivity contribution in [1.82, 2.24) is 10.3 Å². The number of hydrogen-bond donors (Lipinski definition) is 1. The van der Waals surface area contributed by atoms with E-state index in [-0.39, 0.29) is 11.7 Å². The van der Waals surface area contributed by atoms with Crippen LogP contribution in [-0.2, 0) is 0 Å². The van der Waals surface area contributed by atoms with Crippen molar-refractivity contribution >= 4 is 28.7 Å². The first-order valence-corrected chi connectivity index (χ1v) is 13.7. The highest BCUT2D eigenvalue weighted by atomic mass is 32.1. The quantitative estimate of drug-likeness (QED) is 0.106.